The van der Waals surface area contributed by atoms with Crippen molar-refractivity contribution in [1.29, 1.82) is 0 Å². The highest BCUT2D eigenvalue weighted by Crippen LogP contribution is 2.29. The Bertz CT molecular complexity index is 416. The minimum Gasteiger partial charge on any atom is -0.444 e. The van der Waals surface area contributed by atoms with Crippen LogP contribution in [0, 0.1) is 5.92 Å². The van der Waals surface area contributed by atoms with E-state index in [1.54, 1.807) is 20.8 Å². The van der Waals surface area contributed by atoms with E-state index in [1.165, 1.54) is 0 Å². The van der Waals surface area contributed by atoms with Gasteiger partial charge in [-0.25, -0.2) is 4.79 Å². The lowest BCUT2D eigenvalue weighted by molar-refractivity contribution is 0.0492. The van der Waals surface area contributed by atoms with Crippen LogP contribution >= 0.6 is 0 Å². The molecule has 0 aromatic carbocycles. The van der Waals surface area contributed by atoms with Crippen molar-refractivity contribution in [3.8, 4) is 0 Å². The fraction of sp³-hybridized carbons (Fsp3) is 0.917. The van der Waals surface area contributed by atoms with Crippen molar-refractivity contribution in [3.63, 3.8) is 0 Å². The van der Waals surface area contributed by atoms with E-state index < -0.39 is 27.7 Å². The molecule has 0 heterocycles. The van der Waals surface area contributed by atoms with Gasteiger partial charge in [-0.3, -0.25) is 0 Å². The van der Waals surface area contributed by atoms with Gasteiger partial charge in [0.25, 0.3) is 0 Å². The molecule has 7 heteroatoms. The summed E-state index contributed by atoms with van der Waals surface area (Å²) in [6.45, 7) is 5.32. The number of hydrogen-bond acceptors (Lipinski definition) is 4. The summed E-state index contributed by atoms with van der Waals surface area (Å²) in [6.07, 6.45) is 2.20. The minimum atomic E-state index is -4.44. The number of amides is 1. The number of rotatable bonds is 4. The van der Waals surface area contributed by atoms with Gasteiger partial charge in [0.2, 0.25) is 0 Å². The predicted octanol–water partition coefficient (Wildman–Crippen LogP) is 2.37. The van der Waals surface area contributed by atoms with Crippen molar-refractivity contribution in [2.45, 2.75) is 58.1 Å². The monoisotopic (exact) mass is 295 g/mol. The van der Waals surface area contributed by atoms with Crippen LogP contribution in [0.3, 0.4) is 0 Å². The molecule has 5 nitrogen and oxygen atoms in total. The molecule has 0 bridgehead atoms. The van der Waals surface area contributed by atoms with E-state index in [0.29, 0.717) is 0 Å². The maximum Gasteiger partial charge on any atom is 0.407 e. The summed E-state index contributed by atoms with van der Waals surface area (Å²) in [5.41, 5.74) is -0.569. The fourth-order valence-corrected chi connectivity index (χ4v) is 2.91. The Kier molecular flexibility index (Phi) is 5.18. The molecule has 1 N–H and O–H groups in total. The predicted molar refractivity (Wildman–Crippen MR) is 70.0 cm³/mol. The Morgan fingerprint density at radius 2 is 2.00 bits per heavy atom. The molecule has 1 aliphatic carbocycles. The van der Waals surface area contributed by atoms with Crippen molar-refractivity contribution in [2.75, 3.05) is 5.75 Å². The van der Waals surface area contributed by atoms with Gasteiger partial charge in [0.15, 0.2) is 0 Å². The molecule has 2 atom stereocenters. The van der Waals surface area contributed by atoms with Crippen molar-refractivity contribution < 1.29 is 21.8 Å². The summed E-state index contributed by atoms with van der Waals surface area (Å²) in [7, 11) is -4.44. The molecule has 0 spiro atoms. The summed E-state index contributed by atoms with van der Waals surface area (Å²) in [5, 5.41) is 2.74. The van der Waals surface area contributed by atoms with Crippen molar-refractivity contribution in [3.05, 3.63) is 0 Å². The normalized spacial score (nSPS) is 24.2. The molecule has 0 saturated heterocycles. The van der Waals surface area contributed by atoms with Crippen LogP contribution in [-0.2, 0) is 15.0 Å². The summed E-state index contributed by atoms with van der Waals surface area (Å²) < 4.78 is 38.7. The molecule has 1 saturated carbocycles. The third kappa shape index (κ3) is 6.75. The van der Waals surface area contributed by atoms with Gasteiger partial charge in [-0.2, -0.15) is 8.42 Å². The molecule has 1 rings (SSSR count). The van der Waals surface area contributed by atoms with Crippen LogP contribution in [0.5, 0.6) is 0 Å². The lowest BCUT2D eigenvalue weighted by Crippen LogP contribution is -2.41. The molecule has 1 amide bonds. The second kappa shape index (κ2) is 6.07. The number of hydrogen-bond donors (Lipinski definition) is 1. The molecule has 19 heavy (non-hydrogen) atoms. The number of halogens is 1. The first kappa shape index (κ1) is 16.2. The maximum atomic E-state index is 12.5. The first-order chi connectivity index (χ1) is 8.57. The standard InChI is InChI=1S/C12H22FNO4S/c1-12(2,3)18-11(15)14-10-6-4-5-9(10)7-8-19(13,16)17/h9-10H,4-8H2,1-3H3,(H,14,15). The largest absolute Gasteiger partial charge is 0.444 e. The van der Waals surface area contributed by atoms with Gasteiger partial charge >= 0.3 is 16.3 Å². The molecule has 2 unspecified atom stereocenters. The van der Waals surface area contributed by atoms with E-state index in [1.807, 2.05) is 0 Å². The van der Waals surface area contributed by atoms with Gasteiger partial charge < -0.3 is 10.1 Å². The first-order valence-corrected chi connectivity index (χ1v) is 8.04. The molecule has 0 aliphatic heterocycles. The van der Waals surface area contributed by atoms with E-state index in [2.05, 4.69) is 5.32 Å². The van der Waals surface area contributed by atoms with E-state index >= 15 is 0 Å². The lowest BCUT2D eigenvalue weighted by Gasteiger charge is -2.24. The highest BCUT2D eigenvalue weighted by Gasteiger charge is 2.30. The Morgan fingerprint density at radius 3 is 2.53 bits per heavy atom. The number of ether oxygens (including phenoxy) is 1. The smallest absolute Gasteiger partial charge is 0.407 e. The van der Waals surface area contributed by atoms with Gasteiger partial charge in [0.05, 0.1) is 5.75 Å². The fourth-order valence-electron chi connectivity index (χ4n) is 2.32. The first-order valence-electron chi connectivity index (χ1n) is 6.49. The quantitative estimate of drug-likeness (QED) is 0.808. The van der Waals surface area contributed by atoms with Crippen LogP contribution in [0.4, 0.5) is 8.68 Å². The Morgan fingerprint density at radius 1 is 1.37 bits per heavy atom. The average Bonchev–Trinajstić information content (AvgIpc) is 2.57. The minimum absolute atomic E-state index is 0.00181. The number of nitrogens with one attached hydrogen (secondary N) is 1. The van der Waals surface area contributed by atoms with Gasteiger partial charge in [0, 0.05) is 6.04 Å². The molecule has 1 aliphatic rings. The number of carbonyl (C=O) groups is 1. The van der Waals surface area contributed by atoms with Crippen molar-refractivity contribution in [2.24, 2.45) is 5.92 Å². The zero-order chi connectivity index (χ0) is 14.7. The van der Waals surface area contributed by atoms with Crippen LogP contribution < -0.4 is 5.32 Å². The molecule has 1 fully saturated rings. The van der Waals surface area contributed by atoms with Gasteiger partial charge in [0.1, 0.15) is 5.60 Å². The second-order valence-electron chi connectivity index (χ2n) is 5.98. The number of carbonyl (C=O) groups excluding carboxylic acids is 1. The zero-order valence-corrected chi connectivity index (χ0v) is 12.4. The zero-order valence-electron chi connectivity index (χ0n) is 11.6. The topological polar surface area (TPSA) is 72.5 Å². The molecule has 0 radical (unpaired) electrons. The van der Waals surface area contributed by atoms with E-state index in [9.17, 15) is 17.1 Å². The maximum absolute atomic E-state index is 12.5. The SMILES string of the molecule is CC(C)(C)OC(=O)NC1CCCC1CCS(=O)(=O)F. The van der Waals surface area contributed by atoms with E-state index in [0.717, 1.165) is 19.3 Å². The Labute approximate surface area is 114 Å². The number of alkyl carbamates (subject to hydrolysis) is 1. The van der Waals surface area contributed by atoms with E-state index in [4.69, 9.17) is 4.74 Å². The lowest BCUT2D eigenvalue weighted by atomic mass is 10.0. The van der Waals surface area contributed by atoms with Crippen LogP contribution in [-0.4, -0.2) is 31.9 Å². The van der Waals surface area contributed by atoms with Crippen LogP contribution in [0.25, 0.3) is 0 Å². The Balaban J connectivity index is 2.46. The molecular weight excluding hydrogens is 273 g/mol. The molecule has 112 valence electrons. The third-order valence-corrected chi connectivity index (χ3v) is 3.82. The van der Waals surface area contributed by atoms with Crippen molar-refractivity contribution >= 4 is 16.3 Å². The molecular formula is C12H22FNO4S. The van der Waals surface area contributed by atoms with Crippen LogP contribution in [0.2, 0.25) is 0 Å². The highest BCUT2D eigenvalue weighted by molar-refractivity contribution is 7.86. The highest BCUT2D eigenvalue weighted by atomic mass is 32.3. The summed E-state index contributed by atoms with van der Waals surface area (Å²) in [5.74, 6) is -0.484. The second-order valence-corrected chi connectivity index (χ2v) is 7.46. The van der Waals surface area contributed by atoms with Gasteiger partial charge in [-0.15, -0.1) is 3.89 Å². The summed E-state index contributed by atoms with van der Waals surface area (Å²) in [4.78, 5) is 11.6. The average molecular weight is 295 g/mol. The summed E-state index contributed by atoms with van der Waals surface area (Å²) in [6, 6.07) is -0.128. The van der Waals surface area contributed by atoms with Crippen molar-refractivity contribution in [1.82, 2.24) is 5.32 Å². The van der Waals surface area contributed by atoms with E-state index in [-0.39, 0.29) is 18.4 Å². The molecule has 0 aromatic rings. The third-order valence-electron chi connectivity index (χ3n) is 3.09. The summed E-state index contributed by atoms with van der Waals surface area (Å²) >= 11 is 0. The van der Waals surface area contributed by atoms with Crippen LogP contribution in [0.15, 0.2) is 0 Å². The Hall–Kier alpha value is -0.850. The van der Waals surface area contributed by atoms with Gasteiger partial charge in [-0.05, 0) is 46.0 Å². The van der Waals surface area contributed by atoms with Gasteiger partial charge in [-0.1, -0.05) is 6.42 Å². The van der Waals surface area contributed by atoms with Crippen LogP contribution in [0.1, 0.15) is 46.5 Å². The molecule has 0 aromatic heterocycles.